The summed E-state index contributed by atoms with van der Waals surface area (Å²) in [6.07, 6.45) is -4.35. The molecule has 2 aromatic rings. The van der Waals surface area contributed by atoms with Crippen molar-refractivity contribution >= 4 is 17.5 Å². The van der Waals surface area contributed by atoms with Crippen molar-refractivity contribution in [2.24, 2.45) is 5.16 Å². The van der Waals surface area contributed by atoms with Gasteiger partial charge in [0.2, 0.25) is 0 Å². The molecule has 4 rings (SSSR count). The Morgan fingerprint density at radius 3 is 2.03 bits per heavy atom. The highest BCUT2D eigenvalue weighted by Crippen LogP contribution is 2.30. The van der Waals surface area contributed by atoms with Crippen LogP contribution in [0.15, 0.2) is 59.8 Å². The summed E-state index contributed by atoms with van der Waals surface area (Å²) in [6.45, 7) is 1.23. The number of hydrogen-bond acceptors (Lipinski definition) is 4. The van der Waals surface area contributed by atoms with Gasteiger partial charge in [0, 0.05) is 38.2 Å². The lowest BCUT2D eigenvalue weighted by molar-refractivity contribution is -0.137. The Balaban J connectivity index is 1.31. The summed E-state index contributed by atoms with van der Waals surface area (Å²) < 4.78 is 38.1. The Morgan fingerprint density at radius 1 is 0.871 bits per heavy atom. The van der Waals surface area contributed by atoms with E-state index in [2.05, 4.69) is 5.16 Å². The first-order chi connectivity index (χ1) is 14.8. The zero-order valence-electron chi connectivity index (χ0n) is 16.5. The van der Waals surface area contributed by atoms with Crippen LogP contribution >= 0.6 is 0 Å². The zero-order chi connectivity index (χ0) is 22.0. The van der Waals surface area contributed by atoms with Crippen molar-refractivity contribution in [3.05, 3.63) is 71.3 Å². The summed E-state index contributed by atoms with van der Waals surface area (Å²) in [4.78, 5) is 33.9. The van der Waals surface area contributed by atoms with Crippen LogP contribution in [0.2, 0.25) is 0 Å². The third-order valence-corrected chi connectivity index (χ3v) is 5.40. The number of nitrogens with zero attached hydrogens (tertiary/aromatic N) is 3. The van der Waals surface area contributed by atoms with E-state index in [9.17, 15) is 22.8 Å². The number of piperazine rings is 1. The molecule has 31 heavy (non-hydrogen) atoms. The van der Waals surface area contributed by atoms with Gasteiger partial charge in [-0.1, -0.05) is 35.5 Å². The largest absolute Gasteiger partial charge is 0.416 e. The molecule has 9 heteroatoms. The fraction of sp³-hybridized carbons (Fsp3) is 0.318. The van der Waals surface area contributed by atoms with Crippen molar-refractivity contribution in [3.63, 3.8) is 0 Å². The van der Waals surface area contributed by atoms with E-state index < -0.39 is 11.7 Å². The highest BCUT2D eigenvalue weighted by atomic mass is 19.4. The Bertz CT molecular complexity index is 983. The van der Waals surface area contributed by atoms with Crippen LogP contribution in [0.3, 0.4) is 0 Å². The quantitative estimate of drug-likeness (QED) is 0.747. The lowest BCUT2D eigenvalue weighted by atomic mass is 10.0. The lowest BCUT2D eigenvalue weighted by Gasteiger charge is -2.34. The SMILES string of the molecule is O=C(C1=NOC(c2ccccc2)C1)N1CCN(C(=O)c2ccc(C(F)(F)F)cc2)CC1. The molecule has 162 valence electrons. The predicted octanol–water partition coefficient (Wildman–Crippen LogP) is 3.51. The minimum Gasteiger partial charge on any atom is -0.387 e. The zero-order valence-corrected chi connectivity index (χ0v) is 16.5. The van der Waals surface area contributed by atoms with Gasteiger partial charge in [-0.3, -0.25) is 9.59 Å². The summed E-state index contributed by atoms with van der Waals surface area (Å²) in [6, 6.07) is 13.7. The van der Waals surface area contributed by atoms with Gasteiger partial charge in [-0.25, -0.2) is 0 Å². The Kier molecular flexibility index (Phi) is 5.67. The van der Waals surface area contributed by atoms with Gasteiger partial charge < -0.3 is 14.6 Å². The molecule has 1 fully saturated rings. The van der Waals surface area contributed by atoms with Gasteiger partial charge in [-0.15, -0.1) is 0 Å². The number of alkyl halides is 3. The summed E-state index contributed by atoms with van der Waals surface area (Å²) >= 11 is 0. The molecule has 0 aromatic heterocycles. The maximum atomic E-state index is 12.8. The fourth-order valence-electron chi connectivity index (χ4n) is 3.63. The summed E-state index contributed by atoms with van der Waals surface area (Å²) in [5.74, 6) is -0.577. The molecule has 2 aliphatic rings. The summed E-state index contributed by atoms with van der Waals surface area (Å²) in [5.41, 5.74) is 0.678. The van der Waals surface area contributed by atoms with E-state index in [-0.39, 0.29) is 23.5 Å². The van der Waals surface area contributed by atoms with Crippen molar-refractivity contribution in [3.8, 4) is 0 Å². The molecule has 6 nitrogen and oxygen atoms in total. The molecule has 1 unspecified atom stereocenters. The number of oxime groups is 1. The number of halogens is 3. The Hall–Kier alpha value is -3.36. The van der Waals surface area contributed by atoms with Gasteiger partial charge in [0.05, 0.1) is 5.56 Å². The van der Waals surface area contributed by atoms with Gasteiger partial charge in [0.25, 0.3) is 11.8 Å². The number of carbonyl (C=O) groups excluding carboxylic acids is 2. The smallest absolute Gasteiger partial charge is 0.387 e. The summed E-state index contributed by atoms with van der Waals surface area (Å²) in [7, 11) is 0. The van der Waals surface area contributed by atoms with E-state index >= 15 is 0 Å². The van der Waals surface area contributed by atoms with E-state index in [1.165, 1.54) is 17.0 Å². The normalized spacial score (nSPS) is 19.1. The van der Waals surface area contributed by atoms with Crippen LogP contribution in [-0.4, -0.2) is 53.5 Å². The first-order valence-electron chi connectivity index (χ1n) is 9.86. The van der Waals surface area contributed by atoms with Crippen LogP contribution in [0.4, 0.5) is 13.2 Å². The third kappa shape index (κ3) is 4.55. The van der Waals surface area contributed by atoms with Crippen molar-refractivity contribution < 1.29 is 27.6 Å². The first kappa shape index (κ1) is 20.9. The van der Waals surface area contributed by atoms with Crippen LogP contribution in [0.1, 0.15) is 34.0 Å². The molecule has 1 saturated heterocycles. The molecule has 2 amide bonds. The minimum absolute atomic E-state index is 0.187. The van der Waals surface area contributed by atoms with E-state index in [1.807, 2.05) is 30.3 Å². The average molecular weight is 431 g/mol. The lowest BCUT2D eigenvalue weighted by Crippen LogP contribution is -2.52. The number of benzene rings is 2. The van der Waals surface area contributed by atoms with Crippen LogP contribution in [-0.2, 0) is 15.8 Å². The highest BCUT2D eigenvalue weighted by Gasteiger charge is 2.33. The molecule has 0 aliphatic carbocycles. The molecule has 2 aliphatic heterocycles. The predicted molar refractivity (Wildman–Crippen MR) is 106 cm³/mol. The highest BCUT2D eigenvalue weighted by molar-refractivity contribution is 6.39. The molecule has 0 bridgehead atoms. The second-order valence-electron chi connectivity index (χ2n) is 7.41. The number of rotatable bonds is 3. The molecule has 0 spiro atoms. The number of amides is 2. The number of hydrogen-bond donors (Lipinski definition) is 0. The van der Waals surface area contributed by atoms with Crippen molar-refractivity contribution in [2.75, 3.05) is 26.2 Å². The van der Waals surface area contributed by atoms with Gasteiger partial charge >= 0.3 is 6.18 Å². The molecular formula is C22H20F3N3O3. The molecule has 2 heterocycles. The monoisotopic (exact) mass is 431 g/mol. The van der Waals surface area contributed by atoms with Gasteiger partial charge in [-0.05, 0) is 29.8 Å². The van der Waals surface area contributed by atoms with Gasteiger partial charge in [0.15, 0.2) is 6.10 Å². The van der Waals surface area contributed by atoms with E-state index in [0.717, 1.165) is 17.7 Å². The van der Waals surface area contributed by atoms with E-state index in [1.54, 1.807) is 4.90 Å². The van der Waals surface area contributed by atoms with E-state index in [4.69, 9.17) is 4.84 Å². The Labute approximate surface area is 176 Å². The topological polar surface area (TPSA) is 62.2 Å². The average Bonchev–Trinajstić information content (AvgIpc) is 3.29. The van der Waals surface area contributed by atoms with Crippen molar-refractivity contribution in [1.82, 2.24) is 9.80 Å². The van der Waals surface area contributed by atoms with Crippen LogP contribution in [0, 0.1) is 0 Å². The molecule has 0 N–H and O–H groups in total. The maximum Gasteiger partial charge on any atom is 0.416 e. The third-order valence-electron chi connectivity index (χ3n) is 5.40. The first-order valence-corrected chi connectivity index (χ1v) is 9.86. The maximum absolute atomic E-state index is 12.8. The molecule has 2 aromatic carbocycles. The van der Waals surface area contributed by atoms with E-state index in [0.29, 0.717) is 38.3 Å². The van der Waals surface area contributed by atoms with Gasteiger partial charge in [-0.2, -0.15) is 13.2 Å². The van der Waals surface area contributed by atoms with Crippen LogP contribution in [0.25, 0.3) is 0 Å². The second-order valence-corrected chi connectivity index (χ2v) is 7.41. The Morgan fingerprint density at radius 2 is 1.45 bits per heavy atom. The molecular weight excluding hydrogens is 411 g/mol. The summed E-state index contributed by atoms with van der Waals surface area (Å²) in [5, 5.41) is 3.95. The second kappa shape index (κ2) is 8.41. The molecule has 1 atom stereocenters. The van der Waals surface area contributed by atoms with Crippen molar-refractivity contribution in [1.29, 1.82) is 0 Å². The van der Waals surface area contributed by atoms with Crippen LogP contribution in [0.5, 0.6) is 0 Å². The molecule has 0 radical (unpaired) electrons. The van der Waals surface area contributed by atoms with Crippen LogP contribution < -0.4 is 0 Å². The number of carbonyl (C=O) groups is 2. The fourth-order valence-corrected chi connectivity index (χ4v) is 3.63. The standard InChI is InChI=1S/C22H20F3N3O3/c23-22(24,25)17-8-6-16(7-9-17)20(29)27-10-12-28(13-11-27)21(30)18-14-19(31-26-18)15-4-2-1-3-5-15/h1-9,19H,10-14H2. The van der Waals surface area contributed by atoms with Gasteiger partial charge in [0.1, 0.15) is 5.71 Å². The molecule has 0 saturated carbocycles. The minimum atomic E-state index is -4.44. The van der Waals surface area contributed by atoms with Crippen molar-refractivity contribution in [2.45, 2.75) is 18.7 Å².